The highest BCUT2D eigenvalue weighted by Crippen LogP contribution is 2.30. The Labute approximate surface area is 178 Å². The van der Waals surface area contributed by atoms with Crippen LogP contribution in [-0.2, 0) is 16.8 Å². The lowest BCUT2D eigenvalue weighted by Gasteiger charge is -2.20. The van der Waals surface area contributed by atoms with Crippen molar-refractivity contribution in [1.29, 1.82) is 0 Å². The monoisotopic (exact) mass is 408 g/mol. The molecule has 0 bridgehead atoms. The third-order valence-corrected chi connectivity index (χ3v) is 5.27. The Balaban J connectivity index is 1.83. The van der Waals surface area contributed by atoms with Gasteiger partial charge in [-0.3, -0.25) is 4.79 Å². The SMILES string of the molecule is CCOc1ccccc1NC(=O)CCc1c(C)nc2c(c(C)nn2C(C)(C)C)c1C. The van der Waals surface area contributed by atoms with Gasteiger partial charge in [-0.05, 0) is 78.1 Å². The van der Waals surface area contributed by atoms with Crippen LogP contribution in [0.2, 0.25) is 0 Å². The van der Waals surface area contributed by atoms with Crippen LogP contribution in [-0.4, -0.2) is 27.3 Å². The quantitative estimate of drug-likeness (QED) is 0.617. The summed E-state index contributed by atoms with van der Waals surface area (Å²) >= 11 is 0. The van der Waals surface area contributed by atoms with Crippen LogP contribution < -0.4 is 10.1 Å². The smallest absolute Gasteiger partial charge is 0.224 e. The Kier molecular flexibility index (Phi) is 6.15. The second-order valence-electron chi connectivity index (χ2n) is 8.64. The molecule has 6 nitrogen and oxygen atoms in total. The van der Waals surface area contributed by atoms with Gasteiger partial charge in [0.1, 0.15) is 5.75 Å². The van der Waals surface area contributed by atoms with Gasteiger partial charge in [-0.25, -0.2) is 9.67 Å². The van der Waals surface area contributed by atoms with Crippen LogP contribution in [0.4, 0.5) is 5.69 Å². The number of aromatic nitrogens is 3. The van der Waals surface area contributed by atoms with E-state index in [1.807, 2.05) is 49.7 Å². The van der Waals surface area contributed by atoms with E-state index in [1.165, 1.54) is 0 Å². The molecule has 0 unspecified atom stereocenters. The number of amides is 1. The van der Waals surface area contributed by atoms with Crippen molar-refractivity contribution in [2.45, 2.75) is 66.8 Å². The molecule has 0 radical (unpaired) electrons. The zero-order valence-corrected chi connectivity index (χ0v) is 19.1. The number of pyridine rings is 1. The van der Waals surface area contributed by atoms with Gasteiger partial charge >= 0.3 is 0 Å². The number of carbonyl (C=O) groups excluding carboxylic acids is 1. The lowest BCUT2D eigenvalue weighted by molar-refractivity contribution is -0.116. The fourth-order valence-electron chi connectivity index (χ4n) is 3.84. The molecule has 3 rings (SSSR count). The van der Waals surface area contributed by atoms with Gasteiger partial charge in [0, 0.05) is 17.5 Å². The molecule has 0 spiro atoms. The van der Waals surface area contributed by atoms with Crippen molar-refractivity contribution >= 4 is 22.6 Å². The molecular weight excluding hydrogens is 376 g/mol. The Bertz CT molecular complexity index is 1080. The molecule has 1 amide bonds. The number of nitrogens with zero attached hydrogens (tertiary/aromatic N) is 3. The number of carbonyl (C=O) groups is 1. The van der Waals surface area contributed by atoms with E-state index < -0.39 is 0 Å². The third-order valence-electron chi connectivity index (χ3n) is 5.27. The zero-order valence-electron chi connectivity index (χ0n) is 19.1. The minimum absolute atomic E-state index is 0.0387. The van der Waals surface area contributed by atoms with Gasteiger partial charge in [-0.15, -0.1) is 0 Å². The van der Waals surface area contributed by atoms with E-state index in [4.69, 9.17) is 14.8 Å². The molecule has 2 heterocycles. The van der Waals surface area contributed by atoms with E-state index in [0.717, 1.165) is 33.5 Å². The Morgan fingerprint density at radius 3 is 2.50 bits per heavy atom. The van der Waals surface area contributed by atoms with Crippen molar-refractivity contribution < 1.29 is 9.53 Å². The Morgan fingerprint density at radius 2 is 1.83 bits per heavy atom. The third kappa shape index (κ3) is 4.32. The first-order chi connectivity index (χ1) is 14.1. The predicted molar refractivity (Wildman–Crippen MR) is 121 cm³/mol. The second-order valence-corrected chi connectivity index (χ2v) is 8.64. The Hall–Kier alpha value is -2.89. The van der Waals surface area contributed by atoms with Gasteiger partial charge in [0.15, 0.2) is 5.65 Å². The summed E-state index contributed by atoms with van der Waals surface area (Å²) in [7, 11) is 0. The maximum atomic E-state index is 12.6. The van der Waals surface area contributed by atoms with Gasteiger partial charge in [0.25, 0.3) is 0 Å². The normalized spacial score (nSPS) is 11.7. The van der Waals surface area contributed by atoms with Crippen molar-refractivity contribution in [2.75, 3.05) is 11.9 Å². The molecule has 0 aliphatic rings. The molecule has 0 saturated carbocycles. The number of para-hydroxylation sites is 2. The largest absolute Gasteiger partial charge is 0.492 e. The highest BCUT2D eigenvalue weighted by molar-refractivity contribution is 5.92. The number of ether oxygens (including phenoxy) is 1. The molecule has 160 valence electrons. The van der Waals surface area contributed by atoms with Gasteiger partial charge in [0.2, 0.25) is 5.91 Å². The fraction of sp³-hybridized carbons (Fsp3) is 0.458. The molecule has 6 heteroatoms. The minimum Gasteiger partial charge on any atom is -0.492 e. The van der Waals surface area contributed by atoms with Crippen LogP contribution in [0.3, 0.4) is 0 Å². The molecule has 1 N–H and O–H groups in total. The summed E-state index contributed by atoms with van der Waals surface area (Å²) in [5, 5.41) is 8.81. The molecule has 30 heavy (non-hydrogen) atoms. The van der Waals surface area contributed by atoms with Gasteiger partial charge in [-0.2, -0.15) is 5.10 Å². The lowest BCUT2D eigenvalue weighted by atomic mass is 9.99. The summed E-state index contributed by atoms with van der Waals surface area (Å²) in [6.45, 7) is 15.0. The van der Waals surface area contributed by atoms with Crippen LogP contribution in [0.5, 0.6) is 5.75 Å². The number of hydrogen-bond acceptors (Lipinski definition) is 4. The lowest BCUT2D eigenvalue weighted by Crippen LogP contribution is -2.23. The van der Waals surface area contributed by atoms with Gasteiger partial charge in [0.05, 0.1) is 23.5 Å². The first-order valence-corrected chi connectivity index (χ1v) is 10.5. The first-order valence-electron chi connectivity index (χ1n) is 10.5. The summed E-state index contributed by atoms with van der Waals surface area (Å²) < 4.78 is 7.59. The number of rotatable bonds is 6. The van der Waals surface area contributed by atoms with Crippen LogP contribution >= 0.6 is 0 Å². The van der Waals surface area contributed by atoms with Gasteiger partial charge in [-0.1, -0.05) is 12.1 Å². The summed E-state index contributed by atoms with van der Waals surface area (Å²) in [5.41, 5.74) is 5.67. The van der Waals surface area contributed by atoms with Crippen LogP contribution in [0.25, 0.3) is 11.0 Å². The molecule has 0 aliphatic heterocycles. The number of benzene rings is 1. The van der Waals surface area contributed by atoms with E-state index in [1.54, 1.807) is 0 Å². The van der Waals surface area contributed by atoms with Gasteiger partial charge < -0.3 is 10.1 Å². The summed E-state index contributed by atoms with van der Waals surface area (Å²) in [5.74, 6) is 0.650. The average Bonchev–Trinajstić information content (AvgIpc) is 3.00. The summed E-state index contributed by atoms with van der Waals surface area (Å²) in [6, 6.07) is 7.51. The molecule has 0 aliphatic carbocycles. The number of hydrogen-bond donors (Lipinski definition) is 1. The van der Waals surface area contributed by atoms with Crippen molar-refractivity contribution in [1.82, 2.24) is 14.8 Å². The number of fused-ring (bicyclic) bond motifs is 1. The molecule has 0 fully saturated rings. The maximum absolute atomic E-state index is 12.6. The highest BCUT2D eigenvalue weighted by atomic mass is 16.5. The molecule has 2 aromatic heterocycles. The summed E-state index contributed by atoms with van der Waals surface area (Å²) in [4.78, 5) is 17.5. The fourth-order valence-corrected chi connectivity index (χ4v) is 3.84. The number of anilines is 1. The number of nitrogens with one attached hydrogen (secondary N) is 1. The second kappa shape index (κ2) is 8.46. The minimum atomic E-state index is -0.145. The molecule has 1 aromatic carbocycles. The Morgan fingerprint density at radius 1 is 1.13 bits per heavy atom. The molecule has 0 saturated heterocycles. The van der Waals surface area contributed by atoms with E-state index in [9.17, 15) is 4.79 Å². The van der Waals surface area contributed by atoms with Crippen molar-refractivity contribution in [3.63, 3.8) is 0 Å². The van der Waals surface area contributed by atoms with E-state index >= 15 is 0 Å². The van der Waals surface area contributed by atoms with E-state index in [-0.39, 0.29) is 11.4 Å². The van der Waals surface area contributed by atoms with Crippen molar-refractivity contribution in [3.8, 4) is 5.75 Å². The summed E-state index contributed by atoms with van der Waals surface area (Å²) in [6.07, 6.45) is 1.01. The highest BCUT2D eigenvalue weighted by Gasteiger charge is 2.23. The van der Waals surface area contributed by atoms with Crippen LogP contribution in [0.1, 0.15) is 56.6 Å². The average molecular weight is 409 g/mol. The maximum Gasteiger partial charge on any atom is 0.224 e. The van der Waals surface area contributed by atoms with Crippen molar-refractivity contribution in [3.05, 3.63) is 46.8 Å². The molecule has 0 atom stereocenters. The predicted octanol–water partition coefficient (Wildman–Crippen LogP) is 5.08. The van der Waals surface area contributed by atoms with Crippen LogP contribution in [0, 0.1) is 20.8 Å². The molecule has 3 aromatic rings. The van der Waals surface area contributed by atoms with Crippen LogP contribution in [0.15, 0.2) is 24.3 Å². The topological polar surface area (TPSA) is 69.0 Å². The first kappa shape index (κ1) is 21.8. The van der Waals surface area contributed by atoms with E-state index in [2.05, 4.69) is 33.0 Å². The van der Waals surface area contributed by atoms with Crippen molar-refractivity contribution in [2.24, 2.45) is 0 Å². The number of aryl methyl sites for hydroxylation is 3. The zero-order chi connectivity index (χ0) is 22.1. The standard InChI is InChI=1S/C24H32N4O2/c1-8-30-20-12-10-9-11-19(20)26-21(29)14-13-18-15(2)22-17(4)27-28(24(5,6)7)23(22)25-16(18)3/h9-12H,8,13-14H2,1-7H3,(H,26,29). The van der Waals surface area contributed by atoms with E-state index in [0.29, 0.717) is 30.9 Å². The molecular formula is C24H32N4O2.